The highest BCUT2D eigenvalue weighted by Crippen LogP contribution is 2.37. The number of hydrogen-bond acceptors (Lipinski definition) is 2. The van der Waals surface area contributed by atoms with Gasteiger partial charge in [-0.15, -0.1) is 0 Å². The SMILES string of the molecule is CCn1c(C2CCC3CCCCC3N2)nc2ccccc21. The average molecular weight is 283 g/mol. The molecule has 3 nitrogen and oxygen atoms in total. The van der Waals surface area contributed by atoms with Gasteiger partial charge in [-0.2, -0.15) is 0 Å². The van der Waals surface area contributed by atoms with Gasteiger partial charge in [0.15, 0.2) is 0 Å². The summed E-state index contributed by atoms with van der Waals surface area (Å²) in [5.74, 6) is 2.16. The van der Waals surface area contributed by atoms with E-state index in [-0.39, 0.29) is 0 Å². The Morgan fingerprint density at radius 3 is 2.90 bits per heavy atom. The maximum atomic E-state index is 4.95. The van der Waals surface area contributed by atoms with Crippen LogP contribution in [0.2, 0.25) is 0 Å². The Labute approximate surface area is 126 Å². The van der Waals surface area contributed by atoms with Crippen molar-refractivity contribution < 1.29 is 0 Å². The van der Waals surface area contributed by atoms with Crippen LogP contribution in [0.3, 0.4) is 0 Å². The van der Waals surface area contributed by atoms with Crippen LogP contribution in [-0.2, 0) is 6.54 Å². The van der Waals surface area contributed by atoms with E-state index in [1.165, 1.54) is 49.9 Å². The van der Waals surface area contributed by atoms with E-state index in [0.29, 0.717) is 6.04 Å². The van der Waals surface area contributed by atoms with E-state index in [4.69, 9.17) is 4.98 Å². The molecule has 1 N–H and O–H groups in total. The molecular weight excluding hydrogens is 258 g/mol. The Bertz CT molecular complexity index is 630. The number of rotatable bonds is 2. The average Bonchev–Trinajstić information content (AvgIpc) is 2.93. The number of aromatic nitrogens is 2. The lowest BCUT2D eigenvalue weighted by Gasteiger charge is -2.40. The third-order valence-electron chi connectivity index (χ3n) is 5.46. The van der Waals surface area contributed by atoms with Gasteiger partial charge in [0.1, 0.15) is 5.82 Å². The molecule has 2 aromatic rings. The fourth-order valence-electron chi connectivity index (χ4n) is 4.39. The zero-order valence-electron chi connectivity index (χ0n) is 12.9. The first kappa shape index (κ1) is 13.3. The van der Waals surface area contributed by atoms with Crippen molar-refractivity contribution in [2.75, 3.05) is 0 Å². The smallest absolute Gasteiger partial charge is 0.127 e. The molecule has 3 unspecified atom stereocenters. The van der Waals surface area contributed by atoms with Crippen LogP contribution in [0, 0.1) is 5.92 Å². The molecule has 0 radical (unpaired) electrons. The van der Waals surface area contributed by atoms with Gasteiger partial charge in [0.05, 0.1) is 17.1 Å². The fraction of sp³-hybridized carbons (Fsp3) is 0.611. The number of hydrogen-bond donors (Lipinski definition) is 1. The monoisotopic (exact) mass is 283 g/mol. The molecule has 1 saturated heterocycles. The number of nitrogens with zero attached hydrogens (tertiary/aromatic N) is 2. The predicted molar refractivity (Wildman–Crippen MR) is 86.3 cm³/mol. The van der Waals surface area contributed by atoms with Crippen molar-refractivity contribution in [3.63, 3.8) is 0 Å². The minimum Gasteiger partial charge on any atom is -0.327 e. The first-order valence-electron chi connectivity index (χ1n) is 8.58. The normalized spacial score (nSPS) is 29.5. The Kier molecular flexibility index (Phi) is 3.46. The molecule has 1 aromatic heterocycles. The molecule has 1 aliphatic heterocycles. The predicted octanol–water partition coefficient (Wildman–Crippen LogP) is 4.04. The fourth-order valence-corrected chi connectivity index (χ4v) is 4.39. The molecule has 0 bridgehead atoms. The number of aryl methyl sites for hydroxylation is 1. The number of benzene rings is 1. The van der Waals surface area contributed by atoms with E-state index in [0.717, 1.165) is 24.0 Å². The van der Waals surface area contributed by atoms with Gasteiger partial charge in [0, 0.05) is 12.6 Å². The summed E-state index contributed by atoms with van der Waals surface area (Å²) in [5.41, 5.74) is 2.42. The van der Waals surface area contributed by atoms with Crippen LogP contribution >= 0.6 is 0 Å². The largest absolute Gasteiger partial charge is 0.327 e. The molecule has 1 saturated carbocycles. The highest BCUT2D eigenvalue weighted by Gasteiger charge is 2.33. The van der Waals surface area contributed by atoms with Crippen LogP contribution in [0.4, 0.5) is 0 Å². The standard InChI is InChI=1S/C18H25N3/c1-2-21-17-10-6-5-9-15(17)20-18(21)16-12-11-13-7-3-4-8-14(13)19-16/h5-6,9-10,13-14,16,19H,2-4,7-8,11-12H2,1H3. The zero-order valence-corrected chi connectivity index (χ0v) is 12.9. The maximum Gasteiger partial charge on any atom is 0.127 e. The lowest BCUT2D eigenvalue weighted by atomic mass is 9.77. The first-order chi connectivity index (χ1) is 10.4. The van der Waals surface area contributed by atoms with Gasteiger partial charge in [-0.05, 0) is 50.7 Å². The summed E-state index contributed by atoms with van der Waals surface area (Å²) in [6, 6.07) is 9.70. The van der Waals surface area contributed by atoms with Crippen molar-refractivity contribution in [1.29, 1.82) is 0 Å². The highest BCUT2D eigenvalue weighted by atomic mass is 15.1. The highest BCUT2D eigenvalue weighted by molar-refractivity contribution is 5.76. The molecule has 21 heavy (non-hydrogen) atoms. The van der Waals surface area contributed by atoms with Crippen molar-refractivity contribution in [3.05, 3.63) is 30.1 Å². The van der Waals surface area contributed by atoms with Crippen molar-refractivity contribution >= 4 is 11.0 Å². The van der Waals surface area contributed by atoms with Crippen LogP contribution in [0.5, 0.6) is 0 Å². The summed E-state index contributed by atoms with van der Waals surface area (Å²) in [5, 5.41) is 3.92. The van der Waals surface area contributed by atoms with Gasteiger partial charge >= 0.3 is 0 Å². The molecule has 4 rings (SSSR count). The summed E-state index contributed by atoms with van der Waals surface area (Å²) in [4.78, 5) is 4.95. The van der Waals surface area contributed by atoms with Crippen LogP contribution in [0.15, 0.2) is 24.3 Å². The topological polar surface area (TPSA) is 29.9 Å². The number of para-hydroxylation sites is 2. The van der Waals surface area contributed by atoms with Gasteiger partial charge in [-0.3, -0.25) is 0 Å². The second-order valence-electron chi connectivity index (χ2n) is 6.65. The molecule has 2 aliphatic rings. The van der Waals surface area contributed by atoms with Crippen molar-refractivity contribution in [2.24, 2.45) is 5.92 Å². The van der Waals surface area contributed by atoms with E-state index < -0.39 is 0 Å². The number of nitrogens with one attached hydrogen (secondary N) is 1. The quantitative estimate of drug-likeness (QED) is 0.901. The first-order valence-corrected chi connectivity index (χ1v) is 8.58. The molecular formula is C18H25N3. The van der Waals surface area contributed by atoms with E-state index in [2.05, 4.69) is 41.1 Å². The number of piperidine rings is 1. The van der Waals surface area contributed by atoms with Crippen LogP contribution < -0.4 is 5.32 Å². The van der Waals surface area contributed by atoms with Crippen molar-refractivity contribution in [1.82, 2.24) is 14.9 Å². The van der Waals surface area contributed by atoms with Gasteiger partial charge < -0.3 is 9.88 Å². The number of imidazole rings is 1. The van der Waals surface area contributed by atoms with Gasteiger partial charge in [-0.1, -0.05) is 25.0 Å². The molecule has 2 heterocycles. The third-order valence-corrected chi connectivity index (χ3v) is 5.46. The molecule has 2 fully saturated rings. The number of fused-ring (bicyclic) bond motifs is 2. The summed E-state index contributed by atoms with van der Waals surface area (Å²) in [7, 11) is 0. The van der Waals surface area contributed by atoms with E-state index >= 15 is 0 Å². The molecule has 0 amide bonds. The lowest BCUT2D eigenvalue weighted by molar-refractivity contribution is 0.172. The summed E-state index contributed by atoms with van der Waals surface area (Å²) in [6.07, 6.45) is 8.22. The zero-order chi connectivity index (χ0) is 14.2. The second-order valence-corrected chi connectivity index (χ2v) is 6.65. The van der Waals surface area contributed by atoms with Gasteiger partial charge in [-0.25, -0.2) is 4.98 Å². The maximum absolute atomic E-state index is 4.95. The molecule has 112 valence electrons. The van der Waals surface area contributed by atoms with Crippen molar-refractivity contribution in [2.45, 2.75) is 64.1 Å². The summed E-state index contributed by atoms with van der Waals surface area (Å²) in [6.45, 7) is 3.23. The Balaban J connectivity index is 1.66. The molecule has 1 aliphatic carbocycles. The van der Waals surface area contributed by atoms with E-state index in [1.54, 1.807) is 0 Å². The summed E-state index contributed by atoms with van der Waals surface area (Å²) >= 11 is 0. The minimum absolute atomic E-state index is 0.441. The van der Waals surface area contributed by atoms with Gasteiger partial charge in [0.25, 0.3) is 0 Å². The molecule has 3 heteroatoms. The second kappa shape index (κ2) is 5.45. The van der Waals surface area contributed by atoms with Crippen LogP contribution in [0.1, 0.15) is 57.3 Å². The Morgan fingerprint density at radius 2 is 2.00 bits per heavy atom. The lowest BCUT2D eigenvalue weighted by Crippen LogP contribution is -2.45. The molecule has 3 atom stereocenters. The summed E-state index contributed by atoms with van der Waals surface area (Å²) < 4.78 is 2.40. The minimum atomic E-state index is 0.441. The van der Waals surface area contributed by atoms with Crippen molar-refractivity contribution in [3.8, 4) is 0 Å². The van der Waals surface area contributed by atoms with Crippen LogP contribution in [-0.4, -0.2) is 15.6 Å². The van der Waals surface area contributed by atoms with E-state index in [9.17, 15) is 0 Å². The molecule has 1 aromatic carbocycles. The van der Waals surface area contributed by atoms with Gasteiger partial charge in [0.2, 0.25) is 0 Å². The Hall–Kier alpha value is -1.35. The molecule has 0 spiro atoms. The Morgan fingerprint density at radius 1 is 1.14 bits per heavy atom. The van der Waals surface area contributed by atoms with E-state index in [1.807, 2.05) is 0 Å². The van der Waals surface area contributed by atoms with Crippen LogP contribution in [0.25, 0.3) is 11.0 Å². The third kappa shape index (κ3) is 2.28.